The second kappa shape index (κ2) is 4.31. The first-order valence-corrected chi connectivity index (χ1v) is 6.32. The molecule has 0 spiro atoms. The van der Waals surface area contributed by atoms with Gasteiger partial charge in [0.2, 0.25) is 0 Å². The summed E-state index contributed by atoms with van der Waals surface area (Å²) in [7, 11) is 0. The minimum atomic E-state index is 0.685. The highest BCUT2D eigenvalue weighted by molar-refractivity contribution is 6.01. The topological polar surface area (TPSA) is 55.1 Å². The van der Waals surface area contributed by atoms with Crippen LogP contribution in [0.15, 0.2) is 61.1 Å². The molecule has 3 heterocycles. The Hall–Kier alpha value is -2.95. The lowest BCUT2D eigenvalue weighted by Crippen LogP contribution is -1.94. The van der Waals surface area contributed by atoms with Crippen LogP contribution in [0.1, 0.15) is 0 Å². The SMILES string of the molecule is c1ccc(Nc2ncnc3nn4ccccc4c23)cc1. The monoisotopic (exact) mass is 261 g/mol. The van der Waals surface area contributed by atoms with Crippen molar-refractivity contribution >= 4 is 28.1 Å². The number of pyridine rings is 1. The van der Waals surface area contributed by atoms with Crippen molar-refractivity contribution in [2.45, 2.75) is 0 Å². The van der Waals surface area contributed by atoms with Crippen molar-refractivity contribution in [3.05, 3.63) is 61.1 Å². The van der Waals surface area contributed by atoms with Crippen LogP contribution in [0.2, 0.25) is 0 Å². The maximum absolute atomic E-state index is 4.44. The van der Waals surface area contributed by atoms with E-state index in [1.807, 2.05) is 59.2 Å². The summed E-state index contributed by atoms with van der Waals surface area (Å²) in [6, 6.07) is 15.9. The first-order chi connectivity index (χ1) is 9.92. The van der Waals surface area contributed by atoms with Crippen LogP contribution in [0.4, 0.5) is 11.5 Å². The number of nitrogens with zero attached hydrogens (tertiary/aromatic N) is 4. The third-order valence-electron chi connectivity index (χ3n) is 3.16. The Labute approximate surface area is 114 Å². The molecule has 4 aromatic rings. The second-order valence-corrected chi connectivity index (χ2v) is 4.44. The van der Waals surface area contributed by atoms with E-state index in [-0.39, 0.29) is 0 Å². The molecule has 0 radical (unpaired) electrons. The second-order valence-electron chi connectivity index (χ2n) is 4.44. The molecular formula is C15H11N5. The van der Waals surface area contributed by atoms with Crippen LogP contribution in [0.5, 0.6) is 0 Å². The van der Waals surface area contributed by atoms with E-state index >= 15 is 0 Å². The molecule has 0 aliphatic carbocycles. The fraction of sp³-hybridized carbons (Fsp3) is 0. The molecular weight excluding hydrogens is 250 g/mol. The van der Waals surface area contributed by atoms with Gasteiger partial charge in [0.05, 0.1) is 10.9 Å². The zero-order valence-electron chi connectivity index (χ0n) is 10.6. The molecule has 3 aromatic heterocycles. The Kier molecular flexibility index (Phi) is 2.35. The van der Waals surface area contributed by atoms with Crippen molar-refractivity contribution in [2.75, 3.05) is 5.32 Å². The smallest absolute Gasteiger partial charge is 0.187 e. The van der Waals surface area contributed by atoms with Crippen LogP contribution >= 0.6 is 0 Å². The average molecular weight is 261 g/mol. The van der Waals surface area contributed by atoms with Gasteiger partial charge in [0, 0.05) is 11.9 Å². The number of nitrogens with one attached hydrogen (secondary N) is 1. The summed E-state index contributed by atoms with van der Waals surface area (Å²) in [4.78, 5) is 8.59. The van der Waals surface area contributed by atoms with E-state index in [9.17, 15) is 0 Å². The number of hydrogen-bond acceptors (Lipinski definition) is 4. The van der Waals surface area contributed by atoms with Crippen LogP contribution in [-0.4, -0.2) is 19.6 Å². The molecule has 20 heavy (non-hydrogen) atoms. The van der Waals surface area contributed by atoms with Crippen molar-refractivity contribution in [3.63, 3.8) is 0 Å². The Morgan fingerprint density at radius 2 is 1.75 bits per heavy atom. The summed E-state index contributed by atoms with van der Waals surface area (Å²) >= 11 is 0. The fourth-order valence-corrected chi connectivity index (χ4v) is 2.26. The van der Waals surface area contributed by atoms with Crippen molar-refractivity contribution < 1.29 is 0 Å². The highest BCUT2D eigenvalue weighted by atomic mass is 15.2. The van der Waals surface area contributed by atoms with E-state index in [4.69, 9.17) is 0 Å². The van der Waals surface area contributed by atoms with Gasteiger partial charge in [0.15, 0.2) is 5.65 Å². The molecule has 0 saturated carbocycles. The number of fused-ring (bicyclic) bond motifs is 3. The van der Waals surface area contributed by atoms with Gasteiger partial charge in [-0.1, -0.05) is 24.3 Å². The predicted octanol–water partition coefficient (Wildman–Crippen LogP) is 3.02. The van der Waals surface area contributed by atoms with Crippen molar-refractivity contribution in [1.29, 1.82) is 0 Å². The zero-order chi connectivity index (χ0) is 13.4. The molecule has 0 bridgehead atoms. The van der Waals surface area contributed by atoms with E-state index in [0.717, 1.165) is 22.4 Å². The normalized spacial score (nSPS) is 11.0. The van der Waals surface area contributed by atoms with Gasteiger partial charge in [0.25, 0.3) is 0 Å². The summed E-state index contributed by atoms with van der Waals surface area (Å²) in [5.74, 6) is 0.766. The third kappa shape index (κ3) is 1.68. The highest BCUT2D eigenvalue weighted by Crippen LogP contribution is 2.26. The maximum Gasteiger partial charge on any atom is 0.187 e. The van der Waals surface area contributed by atoms with E-state index in [1.165, 1.54) is 6.33 Å². The summed E-state index contributed by atoms with van der Waals surface area (Å²) in [6.45, 7) is 0. The van der Waals surface area contributed by atoms with E-state index in [0.29, 0.717) is 5.65 Å². The number of rotatable bonds is 2. The van der Waals surface area contributed by atoms with Crippen molar-refractivity contribution in [2.24, 2.45) is 0 Å². The molecule has 0 atom stereocenters. The molecule has 5 heteroatoms. The number of aromatic nitrogens is 4. The zero-order valence-corrected chi connectivity index (χ0v) is 10.6. The first-order valence-electron chi connectivity index (χ1n) is 6.32. The summed E-state index contributed by atoms with van der Waals surface area (Å²) in [6.07, 6.45) is 3.43. The van der Waals surface area contributed by atoms with Gasteiger partial charge >= 0.3 is 0 Å². The maximum atomic E-state index is 4.44. The number of anilines is 2. The van der Waals surface area contributed by atoms with Gasteiger partial charge in [-0.2, -0.15) is 0 Å². The fourth-order valence-electron chi connectivity index (χ4n) is 2.26. The van der Waals surface area contributed by atoms with Crippen LogP contribution < -0.4 is 5.32 Å². The van der Waals surface area contributed by atoms with Crippen molar-refractivity contribution in [3.8, 4) is 0 Å². The van der Waals surface area contributed by atoms with Gasteiger partial charge < -0.3 is 5.32 Å². The van der Waals surface area contributed by atoms with Gasteiger partial charge in [-0.05, 0) is 24.3 Å². The number of hydrogen-bond donors (Lipinski definition) is 1. The van der Waals surface area contributed by atoms with Crippen LogP contribution in [0, 0.1) is 0 Å². The van der Waals surface area contributed by atoms with Gasteiger partial charge in [-0.15, -0.1) is 5.10 Å². The summed E-state index contributed by atoms with van der Waals surface area (Å²) < 4.78 is 1.82. The van der Waals surface area contributed by atoms with E-state index in [2.05, 4.69) is 20.4 Å². The van der Waals surface area contributed by atoms with E-state index in [1.54, 1.807) is 0 Å². The Bertz CT molecular complexity index is 882. The predicted molar refractivity (Wildman–Crippen MR) is 78.0 cm³/mol. The quantitative estimate of drug-likeness (QED) is 0.602. The summed E-state index contributed by atoms with van der Waals surface area (Å²) in [5.41, 5.74) is 2.66. The Morgan fingerprint density at radius 1 is 0.900 bits per heavy atom. The minimum Gasteiger partial charge on any atom is -0.340 e. The summed E-state index contributed by atoms with van der Waals surface area (Å²) in [5, 5.41) is 8.69. The van der Waals surface area contributed by atoms with Crippen molar-refractivity contribution in [1.82, 2.24) is 19.6 Å². The molecule has 0 unspecified atom stereocenters. The van der Waals surface area contributed by atoms with Crippen LogP contribution in [0.3, 0.4) is 0 Å². The Balaban J connectivity index is 1.95. The molecule has 1 aromatic carbocycles. The molecule has 0 aliphatic rings. The lowest BCUT2D eigenvalue weighted by Gasteiger charge is -2.05. The molecule has 96 valence electrons. The molecule has 0 fully saturated rings. The molecule has 1 N–H and O–H groups in total. The van der Waals surface area contributed by atoms with Crippen LogP contribution in [0.25, 0.3) is 16.6 Å². The average Bonchev–Trinajstić information content (AvgIpc) is 2.88. The number of para-hydroxylation sites is 1. The lowest BCUT2D eigenvalue weighted by molar-refractivity contribution is 0.969. The number of benzene rings is 1. The van der Waals surface area contributed by atoms with Crippen LogP contribution in [-0.2, 0) is 0 Å². The van der Waals surface area contributed by atoms with Gasteiger partial charge in [-0.25, -0.2) is 14.5 Å². The standard InChI is InChI=1S/C15H11N5/c1-2-6-11(7-3-1)18-14-13-12-8-4-5-9-20(12)19-15(13)17-10-16-14/h1-10H,(H,16,17,18,19). The minimum absolute atomic E-state index is 0.685. The lowest BCUT2D eigenvalue weighted by atomic mass is 10.2. The molecule has 0 amide bonds. The van der Waals surface area contributed by atoms with Gasteiger partial charge in [-0.3, -0.25) is 0 Å². The van der Waals surface area contributed by atoms with E-state index < -0.39 is 0 Å². The largest absolute Gasteiger partial charge is 0.340 e. The first kappa shape index (κ1) is 10.9. The molecule has 0 aliphatic heterocycles. The third-order valence-corrected chi connectivity index (χ3v) is 3.16. The Morgan fingerprint density at radius 3 is 2.65 bits per heavy atom. The molecule has 0 saturated heterocycles. The molecule has 4 rings (SSSR count). The molecule has 5 nitrogen and oxygen atoms in total. The highest BCUT2D eigenvalue weighted by Gasteiger charge is 2.11. The van der Waals surface area contributed by atoms with Gasteiger partial charge in [0.1, 0.15) is 12.1 Å².